The number of hydrogen-bond donors (Lipinski definition) is 1. The molecule has 1 aromatic rings. The second kappa shape index (κ2) is 6.17. The molecule has 0 amide bonds. The summed E-state index contributed by atoms with van der Waals surface area (Å²) in [6.07, 6.45) is 0.542. The predicted molar refractivity (Wildman–Crippen MR) is 67.6 cm³/mol. The summed E-state index contributed by atoms with van der Waals surface area (Å²) >= 11 is 1.01. The monoisotopic (exact) mass is 293 g/mol. The number of thiophene rings is 1. The minimum Gasteiger partial charge on any atom is -0.494 e. The number of carbonyl (C=O) groups is 1. The van der Waals surface area contributed by atoms with Crippen molar-refractivity contribution < 1.29 is 23.1 Å². The Bertz CT molecular complexity index is 508. The molecular weight excluding hydrogens is 278 g/mol. The van der Waals surface area contributed by atoms with Gasteiger partial charge < -0.3 is 9.84 Å². The fourth-order valence-electron chi connectivity index (χ4n) is 1.42. The molecule has 6 nitrogen and oxygen atoms in total. The number of carboxylic acids is 1. The van der Waals surface area contributed by atoms with Crippen molar-refractivity contribution in [2.75, 3.05) is 20.2 Å². The Hall–Kier alpha value is -1.12. The number of sulfonamides is 1. The molecule has 0 spiro atoms. The molecule has 0 saturated heterocycles. The van der Waals surface area contributed by atoms with Crippen molar-refractivity contribution in [3.63, 3.8) is 0 Å². The van der Waals surface area contributed by atoms with E-state index in [1.165, 1.54) is 7.11 Å². The molecule has 0 bridgehead atoms. The molecule has 1 N–H and O–H groups in total. The van der Waals surface area contributed by atoms with Gasteiger partial charge in [-0.2, -0.15) is 4.31 Å². The van der Waals surface area contributed by atoms with E-state index in [4.69, 9.17) is 9.84 Å². The number of nitrogens with zero attached hydrogens (tertiary/aromatic N) is 1. The highest BCUT2D eigenvalue weighted by atomic mass is 32.2. The van der Waals surface area contributed by atoms with Crippen LogP contribution in [-0.2, 0) is 14.8 Å². The normalized spacial score (nSPS) is 11.7. The first-order chi connectivity index (χ1) is 8.43. The third-order valence-electron chi connectivity index (χ3n) is 2.17. The number of aliphatic carboxylic acids is 1. The molecule has 0 radical (unpaired) electrons. The van der Waals surface area contributed by atoms with Crippen LogP contribution in [-0.4, -0.2) is 44.0 Å². The van der Waals surface area contributed by atoms with Gasteiger partial charge in [0.1, 0.15) is 12.3 Å². The van der Waals surface area contributed by atoms with Crippen LogP contribution in [0.2, 0.25) is 0 Å². The Morgan fingerprint density at radius 2 is 2.22 bits per heavy atom. The van der Waals surface area contributed by atoms with Gasteiger partial charge in [-0.1, -0.05) is 6.92 Å². The minimum absolute atomic E-state index is 0.0414. The van der Waals surface area contributed by atoms with Crippen molar-refractivity contribution in [3.8, 4) is 5.75 Å². The molecule has 18 heavy (non-hydrogen) atoms. The molecule has 0 aliphatic heterocycles. The largest absolute Gasteiger partial charge is 0.494 e. The standard InChI is InChI=1S/C10H15NO5S2/c1-3-5-11(7-9(12)13)18(14,15)10-8(16-2)4-6-17-10/h4,6H,3,5,7H2,1-2H3,(H,12,13). The Labute approximate surface area is 110 Å². The lowest BCUT2D eigenvalue weighted by molar-refractivity contribution is -0.137. The molecule has 0 aliphatic carbocycles. The van der Waals surface area contributed by atoms with Gasteiger partial charge in [0.15, 0.2) is 4.21 Å². The van der Waals surface area contributed by atoms with Crippen LogP contribution in [0.4, 0.5) is 0 Å². The summed E-state index contributed by atoms with van der Waals surface area (Å²) in [5.41, 5.74) is 0. The Kier molecular flexibility index (Phi) is 5.12. The van der Waals surface area contributed by atoms with Gasteiger partial charge in [0.2, 0.25) is 0 Å². The van der Waals surface area contributed by atoms with E-state index in [1.54, 1.807) is 18.4 Å². The summed E-state index contributed by atoms with van der Waals surface area (Å²) in [7, 11) is -2.43. The number of ether oxygens (including phenoxy) is 1. The van der Waals surface area contributed by atoms with Crippen molar-refractivity contribution in [1.82, 2.24) is 4.31 Å². The number of rotatable bonds is 7. The van der Waals surface area contributed by atoms with Crippen LogP contribution in [0, 0.1) is 0 Å². The first-order valence-corrected chi connectivity index (χ1v) is 7.58. The van der Waals surface area contributed by atoms with Gasteiger partial charge in [0.05, 0.1) is 7.11 Å². The van der Waals surface area contributed by atoms with E-state index in [2.05, 4.69) is 0 Å². The van der Waals surface area contributed by atoms with Gasteiger partial charge in [-0.15, -0.1) is 11.3 Å². The van der Waals surface area contributed by atoms with Gasteiger partial charge in [0.25, 0.3) is 10.0 Å². The zero-order valence-electron chi connectivity index (χ0n) is 10.1. The van der Waals surface area contributed by atoms with Crippen LogP contribution in [0.1, 0.15) is 13.3 Å². The fraction of sp³-hybridized carbons (Fsp3) is 0.500. The lowest BCUT2D eigenvalue weighted by Gasteiger charge is -2.19. The quantitative estimate of drug-likeness (QED) is 0.817. The molecule has 1 rings (SSSR count). The topological polar surface area (TPSA) is 83.9 Å². The summed E-state index contributed by atoms with van der Waals surface area (Å²) in [6.45, 7) is 1.41. The average Bonchev–Trinajstić information content (AvgIpc) is 2.76. The second-order valence-corrected chi connectivity index (χ2v) is 6.56. The van der Waals surface area contributed by atoms with Gasteiger partial charge in [-0.3, -0.25) is 4.79 Å². The van der Waals surface area contributed by atoms with E-state index in [9.17, 15) is 13.2 Å². The van der Waals surface area contributed by atoms with Crippen molar-refractivity contribution in [2.24, 2.45) is 0 Å². The smallest absolute Gasteiger partial charge is 0.318 e. The first-order valence-electron chi connectivity index (χ1n) is 5.27. The van der Waals surface area contributed by atoms with Crippen molar-refractivity contribution in [3.05, 3.63) is 11.4 Å². The summed E-state index contributed by atoms with van der Waals surface area (Å²) in [6, 6.07) is 1.54. The summed E-state index contributed by atoms with van der Waals surface area (Å²) < 4.78 is 30.5. The van der Waals surface area contributed by atoms with Gasteiger partial charge >= 0.3 is 5.97 Å². The lowest BCUT2D eigenvalue weighted by Crippen LogP contribution is -2.36. The van der Waals surface area contributed by atoms with E-state index < -0.39 is 22.5 Å². The van der Waals surface area contributed by atoms with Crippen molar-refractivity contribution >= 4 is 27.3 Å². The molecule has 8 heteroatoms. The number of methoxy groups -OCH3 is 1. The third kappa shape index (κ3) is 3.21. The van der Waals surface area contributed by atoms with Crippen molar-refractivity contribution in [1.29, 1.82) is 0 Å². The van der Waals surface area contributed by atoms with E-state index in [1.807, 2.05) is 0 Å². The van der Waals surface area contributed by atoms with Crippen LogP contribution in [0.15, 0.2) is 15.7 Å². The molecule has 0 aliphatic rings. The zero-order valence-corrected chi connectivity index (χ0v) is 11.8. The number of hydrogen-bond acceptors (Lipinski definition) is 5. The highest BCUT2D eigenvalue weighted by Gasteiger charge is 2.29. The zero-order chi connectivity index (χ0) is 13.8. The first kappa shape index (κ1) is 14.9. The molecule has 0 fully saturated rings. The molecule has 0 aromatic carbocycles. The third-order valence-corrected chi connectivity index (χ3v) is 5.44. The van der Waals surface area contributed by atoms with Crippen LogP contribution in [0.5, 0.6) is 5.75 Å². The second-order valence-electron chi connectivity index (χ2n) is 3.51. The van der Waals surface area contributed by atoms with Crippen LogP contribution in [0.25, 0.3) is 0 Å². The molecule has 102 valence electrons. The maximum absolute atomic E-state index is 12.3. The maximum Gasteiger partial charge on any atom is 0.318 e. The van der Waals surface area contributed by atoms with E-state index >= 15 is 0 Å². The number of carboxylic acid groups (broad SMARTS) is 1. The molecule has 1 heterocycles. The van der Waals surface area contributed by atoms with Gasteiger partial charge in [0, 0.05) is 6.54 Å². The van der Waals surface area contributed by atoms with Crippen LogP contribution in [0.3, 0.4) is 0 Å². The summed E-state index contributed by atoms with van der Waals surface area (Å²) in [5, 5.41) is 10.4. The lowest BCUT2D eigenvalue weighted by atomic mass is 10.5. The highest BCUT2D eigenvalue weighted by Crippen LogP contribution is 2.31. The highest BCUT2D eigenvalue weighted by molar-refractivity contribution is 7.91. The van der Waals surface area contributed by atoms with Crippen LogP contribution < -0.4 is 4.74 Å². The molecule has 0 unspecified atom stereocenters. The molecule has 1 aromatic heterocycles. The van der Waals surface area contributed by atoms with E-state index in [0.717, 1.165) is 15.6 Å². The maximum atomic E-state index is 12.3. The van der Waals surface area contributed by atoms with Gasteiger partial charge in [-0.25, -0.2) is 8.42 Å². The van der Waals surface area contributed by atoms with E-state index in [-0.39, 0.29) is 16.5 Å². The summed E-state index contributed by atoms with van der Waals surface area (Å²) in [4.78, 5) is 10.7. The van der Waals surface area contributed by atoms with E-state index in [0.29, 0.717) is 6.42 Å². The predicted octanol–water partition coefficient (Wildman–Crippen LogP) is 1.24. The Morgan fingerprint density at radius 3 is 2.72 bits per heavy atom. The fourth-order valence-corrected chi connectivity index (χ4v) is 4.32. The van der Waals surface area contributed by atoms with Crippen LogP contribution >= 0.6 is 11.3 Å². The Morgan fingerprint density at radius 1 is 1.56 bits per heavy atom. The van der Waals surface area contributed by atoms with Gasteiger partial charge in [-0.05, 0) is 17.9 Å². The summed E-state index contributed by atoms with van der Waals surface area (Å²) in [5.74, 6) is -0.936. The Balaban J connectivity index is 3.12. The SMILES string of the molecule is CCCN(CC(=O)O)S(=O)(=O)c1sccc1OC. The average molecular weight is 293 g/mol. The molecular formula is C10H15NO5S2. The minimum atomic E-state index is -3.81. The molecule has 0 atom stereocenters. The van der Waals surface area contributed by atoms with Crippen molar-refractivity contribution in [2.45, 2.75) is 17.6 Å². The molecule has 0 saturated carbocycles.